The maximum atomic E-state index is 12.3. The highest BCUT2D eigenvalue weighted by molar-refractivity contribution is 5.94. The molecule has 5 unspecified atom stereocenters. The first-order chi connectivity index (χ1) is 12.9. The summed E-state index contributed by atoms with van der Waals surface area (Å²) < 4.78 is 0. The van der Waals surface area contributed by atoms with Gasteiger partial charge in [0.15, 0.2) is 6.04 Å². The van der Waals surface area contributed by atoms with Gasteiger partial charge in [-0.3, -0.25) is 19.2 Å². The smallest absolute Gasteiger partial charge is 0.328 e. The predicted molar refractivity (Wildman–Crippen MR) is 92.7 cm³/mol. The number of amides is 3. The van der Waals surface area contributed by atoms with Crippen molar-refractivity contribution in [3.63, 3.8) is 0 Å². The zero-order valence-electron chi connectivity index (χ0n) is 15.4. The Morgan fingerprint density at radius 1 is 0.857 bits per heavy atom. The summed E-state index contributed by atoms with van der Waals surface area (Å²) in [6, 6.07) is -4.68. The molecule has 0 aliphatic heterocycles. The summed E-state index contributed by atoms with van der Waals surface area (Å²) in [4.78, 5) is 57.9. The molecule has 0 fully saturated rings. The molecule has 0 bridgehead atoms. The number of aliphatic hydroxyl groups excluding tert-OH is 2. The van der Waals surface area contributed by atoms with Gasteiger partial charge in [0.1, 0.15) is 12.1 Å². The van der Waals surface area contributed by atoms with Crippen molar-refractivity contribution in [1.29, 1.82) is 0 Å². The third-order valence-corrected chi connectivity index (χ3v) is 3.59. The van der Waals surface area contributed by atoms with E-state index in [1.54, 1.807) is 0 Å². The van der Waals surface area contributed by atoms with Crippen molar-refractivity contribution in [2.75, 3.05) is 6.54 Å². The Hall–Kier alpha value is -2.77. The highest BCUT2D eigenvalue weighted by Gasteiger charge is 2.32. The fraction of sp³-hybridized carbons (Fsp3) is 0.667. The van der Waals surface area contributed by atoms with Gasteiger partial charge in [0.05, 0.1) is 18.8 Å². The molecule has 0 aliphatic carbocycles. The Bertz CT molecular complexity index is 594. The molecule has 0 saturated heterocycles. The summed E-state index contributed by atoms with van der Waals surface area (Å²) in [5.74, 6) is -5.64. The normalized spacial score (nSPS) is 16.0. The van der Waals surface area contributed by atoms with Crippen molar-refractivity contribution in [2.24, 2.45) is 5.73 Å². The fourth-order valence-corrected chi connectivity index (χ4v) is 2.08. The minimum absolute atomic E-state index is 0.406. The van der Waals surface area contributed by atoms with Crippen LogP contribution in [0.2, 0.25) is 0 Å². The lowest BCUT2D eigenvalue weighted by Crippen LogP contribution is -2.59. The molecule has 0 aliphatic rings. The monoisotopic (exact) mass is 406 g/mol. The number of carboxylic acids is 2. The minimum atomic E-state index is -1.69. The quantitative estimate of drug-likeness (QED) is 0.157. The third-order valence-electron chi connectivity index (χ3n) is 3.59. The predicted octanol–water partition coefficient (Wildman–Crippen LogP) is -3.89. The van der Waals surface area contributed by atoms with Crippen LogP contribution in [0.4, 0.5) is 0 Å². The van der Waals surface area contributed by atoms with Crippen LogP contribution >= 0.6 is 0 Å². The van der Waals surface area contributed by atoms with Crippen molar-refractivity contribution in [3.8, 4) is 0 Å². The van der Waals surface area contributed by atoms with Crippen molar-refractivity contribution in [3.05, 3.63) is 0 Å². The van der Waals surface area contributed by atoms with Crippen molar-refractivity contribution in [1.82, 2.24) is 16.0 Å². The van der Waals surface area contributed by atoms with E-state index in [0.29, 0.717) is 0 Å². The van der Waals surface area contributed by atoms with Gasteiger partial charge in [-0.05, 0) is 20.3 Å². The Morgan fingerprint density at radius 3 is 1.79 bits per heavy atom. The number of nitrogens with two attached hydrogens (primary N) is 1. The molecule has 5 atom stereocenters. The number of carbonyl (C=O) groups is 5. The van der Waals surface area contributed by atoms with E-state index < -0.39 is 79.4 Å². The zero-order valence-corrected chi connectivity index (χ0v) is 15.4. The largest absolute Gasteiger partial charge is 0.481 e. The van der Waals surface area contributed by atoms with Crippen LogP contribution in [0, 0.1) is 0 Å². The van der Waals surface area contributed by atoms with Gasteiger partial charge < -0.3 is 42.1 Å². The summed E-state index contributed by atoms with van der Waals surface area (Å²) in [6.45, 7) is 1.85. The lowest BCUT2D eigenvalue weighted by Gasteiger charge is -2.26. The third kappa shape index (κ3) is 8.75. The van der Waals surface area contributed by atoms with Gasteiger partial charge in [0.2, 0.25) is 17.7 Å². The summed E-state index contributed by atoms with van der Waals surface area (Å²) in [5.41, 5.74) is 5.13. The number of rotatable bonds is 12. The molecule has 160 valence electrons. The summed E-state index contributed by atoms with van der Waals surface area (Å²) >= 11 is 0. The number of nitrogens with one attached hydrogen (secondary N) is 3. The lowest BCUT2D eigenvalue weighted by molar-refractivity contribution is -0.145. The molecule has 13 heteroatoms. The standard InChI is InChI=1S/C15H26N4O9/c1-6(20)11(18-9(22)5-16)14(26)17-8(3-4-10(23)24)13(25)19-12(7(2)21)15(27)28/h6-8,11-12,20-21H,3-5,16H2,1-2H3,(H,17,26)(H,18,22)(H,19,25)(H,23,24)(H,27,28). The number of aliphatic hydroxyl groups is 2. The molecule has 3 amide bonds. The molecule has 13 nitrogen and oxygen atoms in total. The van der Waals surface area contributed by atoms with Gasteiger partial charge in [0, 0.05) is 6.42 Å². The molecular formula is C15H26N4O9. The Morgan fingerprint density at radius 2 is 1.39 bits per heavy atom. The second-order valence-corrected chi connectivity index (χ2v) is 6.05. The van der Waals surface area contributed by atoms with Gasteiger partial charge in [0.25, 0.3) is 0 Å². The van der Waals surface area contributed by atoms with E-state index in [2.05, 4.69) is 10.6 Å². The number of carboxylic acid groups (broad SMARTS) is 2. The van der Waals surface area contributed by atoms with E-state index >= 15 is 0 Å². The van der Waals surface area contributed by atoms with Crippen LogP contribution in [0.3, 0.4) is 0 Å². The molecular weight excluding hydrogens is 380 g/mol. The van der Waals surface area contributed by atoms with Crippen LogP contribution in [0.15, 0.2) is 0 Å². The van der Waals surface area contributed by atoms with Crippen LogP contribution in [-0.4, -0.2) is 87.0 Å². The highest BCUT2D eigenvalue weighted by atomic mass is 16.4. The molecule has 0 aromatic rings. The second kappa shape index (κ2) is 11.8. The van der Waals surface area contributed by atoms with E-state index in [9.17, 15) is 34.2 Å². The molecule has 0 aromatic carbocycles. The first-order valence-electron chi connectivity index (χ1n) is 8.31. The van der Waals surface area contributed by atoms with Crippen LogP contribution < -0.4 is 21.7 Å². The van der Waals surface area contributed by atoms with Crippen molar-refractivity contribution in [2.45, 2.75) is 57.0 Å². The number of hydrogen-bond acceptors (Lipinski definition) is 8. The average molecular weight is 406 g/mol. The number of aliphatic carboxylic acids is 2. The summed E-state index contributed by atoms with van der Waals surface area (Å²) in [5, 5.41) is 43.2. The van der Waals surface area contributed by atoms with Gasteiger partial charge in [-0.1, -0.05) is 0 Å². The average Bonchev–Trinajstić information content (AvgIpc) is 2.59. The van der Waals surface area contributed by atoms with Gasteiger partial charge in [-0.2, -0.15) is 0 Å². The van der Waals surface area contributed by atoms with E-state index in [1.807, 2.05) is 5.32 Å². The Labute approximate surface area is 160 Å². The first kappa shape index (κ1) is 25.2. The van der Waals surface area contributed by atoms with Crippen LogP contribution in [0.1, 0.15) is 26.7 Å². The Balaban J connectivity index is 5.38. The van der Waals surface area contributed by atoms with Crippen LogP contribution in [0.5, 0.6) is 0 Å². The lowest BCUT2D eigenvalue weighted by atomic mass is 10.1. The molecule has 0 radical (unpaired) electrons. The maximum absolute atomic E-state index is 12.3. The number of hydrogen-bond donors (Lipinski definition) is 8. The summed E-state index contributed by atoms with van der Waals surface area (Å²) in [6.07, 6.45) is -3.79. The molecule has 0 spiro atoms. The maximum Gasteiger partial charge on any atom is 0.328 e. The van der Waals surface area contributed by atoms with Crippen molar-refractivity contribution < 1.29 is 44.4 Å². The van der Waals surface area contributed by atoms with E-state index in [4.69, 9.17) is 15.9 Å². The van der Waals surface area contributed by atoms with Crippen molar-refractivity contribution >= 4 is 29.7 Å². The zero-order chi connectivity index (χ0) is 22.0. The van der Waals surface area contributed by atoms with Crippen LogP contribution in [-0.2, 0) is 24.0 Å². The second-order valence-electron chi connectivity index (χ2n) is 6.05. The van der Waals surface area contributed by atoms with Gasteiger partial charge >= 0.3 is 11.9 Å². The first-order valence-corrected chi connectivity index (χ1v) is 8.31. The molecule has 0 rings (SSSR count). The van der Waals surface area contributed by atoms with Gasteiger partial charge in [-0.25, -0.2) is 4.79 Å². The molecule has 0 aromatic heterocycles. The minimum Gasteiger partial charge on any atom is -0.481 e. The number of carbonyl (C=O) groups excluding carboxylic acids is 3. The Kier molecular flexibility index (Phi) is 10.7. The molecule has 28 heavy (non-hydrogen) atoms. The molecule has 0 saturated carbocycles. The molecule has 0 heterocycles. The van der Waals surface area contributed by atoms with E-state index in [0.717, 1.165) is 6.92 Å². The fourth-order valence-electron chi connectivity index (χ4n) is 2.08. The van der Waals surface area contributed by atoms with E-state index in [-0.39, 0.29) is 0 Å². The van der Waals surface area contributed by atoms with E-state index in [1.165, 1.54) is 6.92 Å². The van der Waals surface area contributed by atoms with Crippen LogP contribution in [0.25, 0.3) is 0 Å². The topological polar surface area (TPSA) is 228 Å². The summed E-state index contributed by atoms with van der Waals surface area (Å²) in [7, 11) is 0. The highest BCUT2D eigenvalue weighted by Crippen LogP contribution is 2.03. The SMILES string of the molecule is CC(O)C(NC(=O)C(CCC(=O)O)NC(=O)C(NC(=O)CN)C(C)O)C(=O)O. The van der Waals surface area contributed by atoms with Gasteiger partial charge in [-0.15, -0.1) is 0 Å². The molecule has 9 N–H and O–H groups in total.